The van der Waals surface area contributed by atoms with Crippen molar-refractivity contribution in [2.45, 2.75) is 19.9 Å². The lowest BCUT2D eigenvalue weighted by atomic mass is 10.1. The lowest BCUT2D eigenvalue weighted by Gasteiger charge is -2.21. The Kier molecular flexibility index (Phi) is 5.03. The summed E-state index contributed by atoms with van der Waals surface area (Å²) in [5, 5.41) is 3.50. The Morgan fingerprint density at radius 1 is 1.09 bits per heavy atom. The fourth-order valence-electron chi connectivity index (χ4n) is 5.21. The lowest BCUT2D eigenvalue weighted by molar-refractivity contribution is 0.528. The van der Waals surface area contributed by atoms with E-state index in [0.717, 1.165) is 55.4 Å². The van der Waals surface area contributed by atoms with Gasteiger partial charge in [-0.25, -0.2) is 9.37 Å². The van der Waals surface area contributed by atoms with Crippen molar-refractivity contribution < 1.29 is 4.39 Å². The van der Waals surface area contributed by atoms with Gasteiger partial charge in [0.25, 0.3) is 0 Å². The molecule has 6 heteroatoms. The molecule has 0 spiro atoms. The number of hydrogen-bond acceptors (Lipinski definition) is 3. The van der Waals surface area contributed by atoms with E-state index in [1.165, 1.54) is 35.5 Å². The van der Waals surface area contributed by atoms with Gasteiger partial charge in [0.05, 0.1) is 11.4 Å². The summed E-state index contributed by atoms with van der Waals surface area (Å²) in [5.41, 5.74) is 6.91. The number of benzene rings is 2. The molecule has 1 saturated heterocycles. The smallest absolute Gasteiger partial charge is 0.161 e. The van der Waals surface area contributed by atoms with Crippen LogP contribution >= 0.6 is 0 Å². The topological polar surface area (TPSA) is 38.0 Å². The first-order valence-electron chi connectivity index (χ1n) is 11.8. The highest BCUT2D eigenvalue weighted by molar-refractivity contribution is 5.72. The predicted octanol–water partition coefficient (Wildman–Crippen LogP) is 4.94. The number of aromatic nitrogens is 3. The van der Waals surface area contributed by atoms with E-state index in [1.807, 2.05) is 24.5 Å². The maximum Gasteiger partial charge on any atom is 0.161 e. The van der Waals surface area contributed by atoms with E-state index >= 15 is 0 Å². The van der Waals surface area contributed by atoms with Crippen LogP contribution in [-0.2, 0) is 6.54 Å². The Morgan fingerprint density at radius 2 is 1.97 bits per heavy atom. The van der Waals surface area contributed by atoms with Crippen molar-refractivity contribution in [2.75, 3.05) is 31.1 Å². The summed E-state index contributed by atoms with van der Waals surface area (Å²) < 4.78 is 17.9. The van der Waals surface area contributed by atoms with E-state index < -0.39 is 0 Å². The van der Waals surface area contributed by atoms with Crippen LogP contribution in [0.25, 0.3) is 28.3 Å². The molecule has 1 unspecified atom stereocenters. The quantitative estimate of drug-likeness (QED) is 0.420. The molecule has 0 bridgehead atoms. The average Bonchev–Trinajstić information content (AvgIpc) is 3.57. The van der Waals surface area contributed by atoms with Gasteiger partial charge in [-0.05, 0) is 73.0 Å². The second kappa shape index (κ2) is 8.19. The molecule has 2 aromatic carbocycles. The van der Waals surface area contributed by atoms with Crippen molar-refractivity contribution in [2.24, 2.45) is 5.92 Å². The molecule has 5 nitrogen and oxygen atoms in total. The molecular formula is C27H28FN5. The maximum atomic E-state index is 13.4. The molecule has 4 heterocycles. The summed E-state index contributed by atoms with van der Waals surface area (Å²) in [6.45, 7) is 7.27. The van der Waals surface area contributed by atoms with Gasteiger partial charge in [0.15, 0.2) is 5.82 Å². The molecule has 0 amide bonds. The van der Waals surface area contributed by atoms with E-state index in [4.69, 9.17) is 0 Å². The van der Waals surface area contributed by atoms with Crippen molar-refractivity contribution in [3.63, 3.8) is 0 Å². The van der Waals surface area contributed by atoms with Crippen molar-refractivity contribution in [3.05, 3.63) is 78.5 Å². The van der Waals surface area contributed by atoms with Crippen LogP contribution in [0.2, 0.25) is 0 Å². The summed E-state index contributed by atoms with van der Waals surface area (Å²) in [6.07, 6.45) is 7.29. The summed E-state index contributed by atoms with van der Waals surface area (Å²) in [6, 6.07) is 15.7. The molecular weight excluding hydrogens is 413 g/mol. The van der Waals surface area contributed by atoms with Gasteiger partial charge >= 0.3 is 0 Å². The second-order valence-electron chi connectivity index (χ2n) is 9.09. The standard InChI is InChI=1S/C27H28FN5/c1-2-29-15-19-9-11-31(16-19)24-7-8-25-22(13-24)18-32-17-21(20-3-5-23(28)6-4-20)14-26(32)27-30-10-12-33(25)27/h3-8,10,12-14,17,19,29H,2,9,11,15-16,18H2,1H3. The van der Waals surface area contributed by atoms with E-state index in [9.17, 15) is 4.39 Å². The molecule has 2 aromatic heterocycles. The molecule has 1 fully saturated rings. The number of hydrogen-bond donors (Lipinski definition) is 1. The van der Waals surface area contributed by atoms with Crippen LogP contribution < -0.4 is 10.2 Å². The number of imidazole rings is 1. The van der Waals surface area contributed by atoms with Crippen molar-refractivity contribution in [3.8, 4) is 28.3 Å². The van der Waals surface area contributed by atoms with Crippen molar-refractivity contribution in [1.82, 2.24) is 19.4 Å². The number of anilines is 1. The monoisotopic (exact) mass is 441 g/mol. The number of nitrogens with zero attached hydrogens (tertiary/aromatic N) is 4. The molecule has 4 aromatic rings. The molecule has 1 atom stereocenters. The van der Waals surface area contributed by atoms with E-state index in [2.05, 4.69) is 61.7 Å². The molecule has 33 heavy (non-hydrogen) atoms. The zero-order valence-electron chi connectivity index (χ0n) is 18.8. The Balaban J connectivity index is 1.36. The highest BCUT2D eigenvalue weighted by Crippen LogP contribution is 2.36. The highest BCUT2D eigenvalue weighted by Gasteiger charge is 2.25. The van der Waals surface area contributed by atoms with Gasteiger partial charge in [-0.2, -0.15) is 0 Å². The molecule has 2 aliphatic rings. The maximum absolute atomic E-state index is 13.4. The Labute approximate surface area is 193 Å². The first kappa shape index (κ1) is 20.2. The van der Waals surface area contributed by atoms with Crippen LogP contribution in [0.5, 0.6) is 0 Å². The molecule has 1 N–H and O–H groups in total. The van der Waals surface area contributed by atoms with Gasteiger partial charge in [0.2, 0.25) is 0 Å². The number of halogens is 1. The van der Waals surface area contributed by atoms with Gasteiger partial charge in [-0.3, -0.25) is 4.57 Å². The van der Waals surface area contributed by atoms with Crippen molar-refractivity contribution in [1.29, 1.82) is 0 Å². The van der Waals surface area contributed by atoms with Crippen LogP contribution in [0.15, 0.2) is 67.1 Å². The normalized spacial score (nSPS) is 16.9. The molecule has 0 radical (unpaired) electrons. The fourth-order valence-corrected chi connectivity index (χ4v) is 5.21. The van der Waals surface area contributed by atoms with Crippen LogP contribution in [-0.4, -0.2) is 40.3 Å². The van der Waals surface area contributed by atoms with Gasteiger partial charge in [-0.1, -0.05) is 19.1 Å². The third-order valence-electron chi connectivity index (χ3n) is 6.94. The van der Waals surface area contributed by atoms with Gasteiger partial charge in [0, 0.05) is 49.5 Å². The van der Waals surface area contributed by atoms with Gasteiger partial charge in [-0.15, -0.1) is 0 Å². The van der Waals surface area contributed by atoms with Crippen LogP contribution in [0.1, 0.15) is 18.9 Å². The molecule has 2 aliphatic heterocycles. The second-order valence-corrected chi connectivity index (χ2v) is 9.09. The lowest BCUT2D eigenvalue weighted by Crippen LogP contribution is -2.26. The summed E-state index contributed by atoms with van der Waals surface area (Å²) in [5.74, 6) is 1.42. The first-order valence-corrected chi connectivity index (χ1v) is 11.8. The van der Waals surface area contributed by atoms with Crippen LogP contribution in [0.3, 0.4) is 0 Å². The van der Waals surface area contributed by atoms with E-state index in [1.54, 1.807) is 0 Å². The zero-order chi connectivity index (χ0) is 22.4. The van der Waals surface area contributed by atoms with E-state index in [-0.39, 0.29) is 5.82 Å². The first-order chi connectivity index (χ1) is 16.2. The molecule has 168 valence electrons. The summed E-state index contributed by atoms with van der Waals surface area (Å²) in [4.78, 5) is 7.20. The average molecular weight is 442 g/mol. The SMILES string of the molecule is CCNCC1CCN(c2ccc3c(c2)Cn2cc(-c4ccc(F)cc4)cc2-c2nccn2-3)C1. The Morgan fingerprint density at radius 3 is 2.82 bits per heavy atom. The summed E-state index contributed by atoms with van der Waals surface area (Å²) >= 11 is 0. The molecule has 0 saturated carbocycles. The third-order valence-corrected chi connectivity index (χ3v) is 6.94. The zero-order valence-corrected chi connectivity index (χ0v) is 18.8. The molecule has 0 aliphatic carbocycles. The largest absolute Gasteiger partial charge is 0.371 e. The van der Waals surface area contributed by atoms with Crippen LogP contribution in [0, 0.1) is 11.7 Å². The third kappa shape index (κ3) is 3.64. The minimum absolute atomic E-state index is 0.217. The minimum Gasteiger partial charge on any atom is -0.371 e. The van der Waals surface area contributed by atoms with Gasteiger partial charge in [0.1, 0.15) is 5.82 Å². The predicted molar refractivity (Wildman–Crippen MR) is 130 cm³/mol. The minimum atomic E-state index is -0.217. The number of fused-ring (bicyclic) bond motifs is 5. The Hall–Kier alpha value is -3.38. The van der Waals surface area contributed by atoms with E-state index in [0.29, 0.717) is 5.92 Å². The fraction of sp³-hybridized carbons (Fsp3) is 0.296. The number of rotatable bonds is 5. The molecule has 6 rings (SSSR count). The van der Waals surface area contributed by atoms with Crippen molar-refractivity contribution >= 4 is 5.69 Å². The van der Waals surface area contributed by atoms with Gasteiger partial charge < -0.3 is 14.8 Å². The number of nitrogens with one attached hydrogen (secondary N) is 1. The summed E-state index contributed by atoms with van der Waals surface area (Å²) in [7, 11) is 0. The van der Waals surface area contributed by atoms with Crippen LogP contribution in [0.4, 0.5) is 10.1 Å². The Bertz CT molecular complexity index is 1290. The highest BCUT2D eigenvalue weighted by atomic mass is 19.1.